The molecule has 2 bridgehead atoms. The van der Waals surface area contributed by atoms with Crippen molar-refractivity contribution in [1.29, 1.82) is 0 Å². The minimum Gasteiger partial charge on any atom is -0.481 e. The Balaban J connectivity index is 1.21. The van der Waals surface area contributed by atoms with Crippen LogP contribution in [0.15, 0.2) is 55.0 Å². The summed E-state index contributed by atoms with van der Waals surface area (Å²) in [6, 6.07) is 10.7. The van der Waals surface area contributed by atoms with Gasteiger partial charge in [-0.1, -0.05) is 18.2 Å². The third-order valence-corrected chi connectivity index (χ3v) is 8.94. The van der Waals surface area contributed by atoms with Crippen LogP contribution in [0.5, 0.6) is 5.75 Å². The van der Waals surface area contributed by atoms with Crippen LogP contribution in [-0.4, -0.2) is 57.2 Å². The van der Waals surface area contributed by atoms with Crippen LogP contribution < -0.4 is 9.64 Å². The van der Waals surface area contributed by atoms with Crippen molar-refractivity contribution in [3.05, 3.63) is 71.9 Å². The third kappa shape index (κ3) is 4.39. The number of benzene rings is 1. The summed E-state index contributed by atoms with van der Waals surface area (Å²) in [6.45, 7) is -1.62. The van der Waals surface area contributed by atoms with Gasteiger partial charge in [-0.2, -0.15) is 8.78 Å². The maximum atomic E-state index is 13.2. The Labute approximate surface area is 234 Å². The highest BCUT2D eigenvalue weighted by Gasteiger charge is 2.46. The highest BCUT2D eigenvalue weighted by Crippen LogP contribution is 2.48. The zero-order valence-corrected chi connectivity index (χ0v) is 22.4. The molecule has 1 N–H and O–H groups in total. The first-order chi connectivity index (χ1) is 19.9. The molecule has 4 aromatic rings. The van der Waals surface area contributed by atoms with Crippen molar-refractivity contribution in [1.82, 2.24) is 19.4 Å². The van der Waals surface area contributed by atoms with E-state index in [2.05, 4.69) is 14.9 Å². The smallest absolute Gasteiger partial charge is 0.387 e. The van der Waals surface area contributed by atoms with E-state index in [1.165, 1.54) is 0 Å². The maximum Gasteiger partial charge on any atom is 0.387 e. The molecule has 1 aliphatic heterocycles. The largest absolute Gasteiger partial charge is 0.481 e. The fraction of sp³-hybridized carbons (Fsp3) is 0.400. The fourth-order valence-corrected chi connectivity index (χ4v) is 7.15. The van der Waals surface area contributed by atoms with Crippen LogP contribution in [0, 0.1) is 17.8 Å². The van der Waals surface area contributed by atoms with Gasteiger partial charge in [0.15, 0.2) is 0 Å². The average molecular weight is 562 g/mol. The van der Waals surface area contributed by atoms with Crippen LogP contribution >= 0.6 is 0 Å². The van der Waals surface area contributed by atoms with Crippen molar-refractivity contribution in [3.8, 4) is 16.9 Å². The van der Waals surface area contributed by atoms with Gasteiger partial charge in [-0.15, -0.1) is 0 Å². The molecular formula is C30H29F2N5O4. The molecule has 3 aromatic heterocycles. The summed E-state index contributed by atoms with van der Waals surface area (Å²) < 4.78 is 39.0. The molecule has 0 unspecified atom stereocenters. The number of imidazole rings is 1. The molecular weight excluding hydrogens is 532 g/mol. The normalized spacial score (nSPS) is 25.2. The van der Waals surface area contributed by atoms with Crippen molar-refractivity contribution in [3.63, 3.8) is 0 Å². The molecule has 9 nitrogen and oxygen atoms in total. The van der Waals surface area contributed by atoms with E-state index in [4.69, 9.17) is 14.5 Å². The Hall–Kier alpha value is -4.12. The van der Waals surface area contributed by atoms with Crippen molar-refractivity contribution in [2.75, 3.05) is 25.1 Å². The fourth-order valence-electron chi connectivity index (χ4n) is 7.15. The molecule has 3 aliphatic rings. The van der Waals surface area contributed by atoms with E-state index in [0.717, 1.165) is 41.0 Å². The number of methoxy groups -OCH3 is 1. The number of fused-ring (bicyclic) bond motifs is 5. The Morgan fingerprint density at radius 2 is 1.78 bits per heavy atom. The van der Waals surface area contributed by atoms with Crippen molar-refractivity contribution in [2.45, 2.75) is 37.9 Å². The number of nitrogens with zero attached hydrogens (tertiary/aromatic N) is 5. The van der Waals surface area contributed by atoms with Crippen LogP contribution in [0.25, 0.3) is 16.8 Å². The van der Waals surface area contributed by atoms with Crippen LogP contribution in [0.1, 0.15) is 48.2 Å². The first kappa shape index (κ1) is 25.8. The monoisotopic (exact) mass is 561 g/mol. The Morgan fingerprint density at radius 1 is 1.05 bits per heavy atom. The summed E-state index contributed by atoms with van der Waals surface area (Å²) in [5, 5.41) is 9.61. The van der Waals surface area contributed by atoms with Gasteiger partial charge in [-0.05, 0) is 49.3 Å². The molecule has 1 saturated heterocycles. The number of carbonyl (C=O) groups is 1. The van der Waals surface area contributed by atoms with Gasteiger partial charge in [-0.3, -0.25) is 4.79 Å². The minimum absolute atomic E-state index is 0.125. The van der Waals surface area contributed by atoms with Gasteiger partial charge in [-0.25, -0.2) is 15.0 Å². The van der Waals surface area contributed by atoms with E-state index in [9.17, 15) is 18.7 Å². The lowest BCUT2D eigenvalue weighted by Crippen LogP contribution is -2.45. The number of alkyl halides is 2. The first-order valence-corrected chi connectivity index (χ1v) is 13.8. The summed E-state index contributed by atoms with van der Waals surface area (Å²) in [7, 11) is 1.63. The van der Waals surface area contributed by atoms with Crippen molar-refractivity contribution in [2.24, 2.45) is 17.8 Å². The Morgan fingerprint density at radius 3 is 2.46 bits per heavy atom. The van der Waals surface area contributed by atoms with Gasteiger partial charge in [0.2, 0.25) is 5.95 Å². The van der Waals surface area contributed by atoms with E-state index < -0.39 is 12.6 Å². The minimum atomic E-state index is -2.93. The maximum absolute atomic E-state index is 13.2. The van der Waals surface area contributed by atoms with Crippen molar-refractivity contribution >= 4 is 17.6 Å². The zero-order chi connectivity index (χ0) is 28.2. The second-order valence-electron chi connectivity index (χ2n) is 11.1. The van der Waals surface area contributed by atoms with Gasteiger partial charge in [0.25, 0.3) is 0 Å². The summed E-state index contributed by atoms with van der Waals surface area (Å²) in [5.74, 6) is -0.217. The van der Waals surface area contributed by atoms with Gasteiger partial charge >= 0.3 is 12.6 Å². The molecule has 1 aromatic carbocycles. The van der Waals surface area contributed by atoms with Crippen LogP contribution in [0.4, 0.5) is 14.7 Å². The standard InChI is InChI=1S/C30H29F2N5O4/c1-40-23-10-21(20-4-2-3-5-22(20)41-29(31)32)27-26(23)35-24-9-8-16(15-37(24)27)19-11-33-30(34-12-19)36-13-17-6-7-18(14-36)25(17)28(38)39/h2-5,8-9,11-12,15,17-18,21,23,25,29H,6-7,10,13-14H2,1H3,(H,38,39)/t17-,18+,21-,23-,25-/m1/s1. The lowest BCUT2D eigenvalue weighted by Gasteiger charge is -2.35. The molecule has 0 amide bonds. The SMILES string of the molecule is CO[C@@H]1C[C@H](c2ccccc2OC(F)F)c2c1nc1ccc(-c3cnc(N4C[C@H]5CC[C@@H](C4)[C@@H]5C(=O)O)nc3)cn21. The van der Waals surface area contributed by atoms with Crippen LogP contribution in [0.3, 0.4) is 0 Å². The number of para-hydroxylation sites is 1. The topological polar surface area (TPSA) is 102 Å². The molecule has 11 heteroatoms. The van der Waals surface area contributed by atoms with E-state index in [-0.39, 0.29) is 35.5 Å². The first-order valence-electron chi connectivity index (χ1n) is 13.8. The molecule has 212 valence electrons. The van der Waals surface area contributed by atoms with Gasteiger partial charge in [0, 0.05) is 61.4 Å². The van der Waals surface area contributed by atoms with Crippen molar-refractivity contribution < 1.29 is 28.2 Å². The van der Waals surface area contributed by atoms with Crippen LogP contribution in [0.2, 0.25) is 0 Å². The molecule has 2 aliphatic carbocycles. The van der Waals surface area contributed by atoms with Gasteiger partial charge < -0.3 is 23.9 Å². The number of carboxylic acids is 1. The van der Waals surface area contributed by atoms with E-state index in [1.807, 2.05) is 34.9 Å². The number of halogens is 2. The highest BCUT2D eigenvalue weighted by atomic mass is 19.3. The average Bonchev–Trinajstić information content (AvgIpc) is 3.61. The Kier molecular flexibility index (Phi) is 6.33. The second-order valence-corrected chi connectivity index (χ2v) is 11.1. The van der Waals surface area contributed by atoms with Gasteiger partial charge in [0.1, 0.15) is 17.5 Å². The number of anilines is 1. The number of hydrogen-bond donors (Lipinski definition) is 1. The number of hydrogen-bond acceptors (Lipinski definition) is 7. The molecule has 41 heavy (non-hydrogen) atoms. The summed E-state index contributed by atoms with van der Waals surface area (Å²) >= 11 is 0. The summed E-state index contributed by atoms with van der Waals surface area (Å²) in [4.78, 5) is 27.9. The van der Waals surface area contributed by atoms with Gasteiger partial charge in [0.05, 0.1) is 17.3 Å². The lowest BCUT2D eigenvalue weighted by molar-refractivity contribution is -0.144. The Bertz CT molecular complexity index is 1600. The van der Waals surface area contributed by atoms with Crippen LogP contribution in [-0.2, 0) is 9.53 Å². The zero-order valence-electron chi connectivity index (χ0n) is 22.4. The number of aliphatic carboxylic acids is 1. The number of rotatable bonds is 7. The quantitative estimate of drug-likeness (QED) is 0.330. The molecule has 7 rings (SSSR count). The summed E-state index contributed by atoms with van der Waals surface area (Å²) in [5.41, 5.74) is 4.76. The number of ether oxygens (including phenoxy) is 2. The second kappa shape index (κ2) is 10.1. The molecule has 2 fully saturated rings. The third-order valence-electron chi connectivity index (χ3n) is 8.94. The molecule has 5 atom stereocenters. The number of aromatic nitrogens is 4. The molecule has 0 spiro atoms. The van der Waals surface area contributed by atoms with E-state index >= 15 is 0 Å². The lowest BCUT2D eigenvalue weighted by atomic mass is 9.85. The molecule has 0 radical (unpaired) electrons. The predicted molar refractivity (Wildman–Crippen MR) is 145 cm³/mol. The number of piperidine rings is 1. The van der Waals surface area contributed by atoms with E-state index in [0.29, 0.717) is 31.0 Å². The number of carboxylic acid groups (broad SMARTS) is 1. The summed E-state index contributed by atoms with van der Waals surface area (Å²) in [6.07, 6.45) is 7.68. The molecule has 4 heterocycles. The predicted octanol–water partition coefficient (Wildman–Crippen LogP) is 5.16. The highest BCUT2D eigenvalue weighted by molar-refractivity contribution is 5.72. The molecule has 1 saturated carbocycles. The van der Waals surface area contributed by atoms with E-state index in [1.54, 1.807) is 31.6 Å². The number of pyridine rings is 1.